The normalized spacial score (nSPS) is 16.0. The third kappa shape index (κ3) is 2.86. The number of hydrogen-bond acceptors (Lipinski definition) is 6. The first kappa shape index (κ1) is 17.0. The predicted octanol–water partition coefficient (Wildman–Crippen LogP) is 1.24. The van der Waals surface area contributed by atoms with E-state index in [1.165, 1.54) is 23.3 Å². The van der Waals surface area contributed by atoms with E-state index in [4.69, 9.17) is 0 Å². The third-order valence-electron chi connectivity index (χ3n) is 4.19. The van der Waals surface area contributed by atoms with E-state index in [-0.39, 0.29) is 6.04 Å². The highest BCUT2D eigenvalue weighted by molar-refractivity contribution is 7.18. The van der Waals surface area contributed by atoms with E-state index in [0.29, 0.717) is 9.80 Å². The molecule has 1 fully saturated rings. The average molecular weight is 360 g/mol. The fraction of sp³-hybridized carbons (Fsp3) is 0.312. The van der Waals surface area contributed by atoms with Crippen molar-refractivity contribution in [3.8, 4) is 0 Å². The summed E-state index contributed by atoms with van der Waals surface area (Å²) in [4.78, 5) is 54.9. The molecule has 2 heterocycles. The van der Waals surface area contributed by atoms with Crippen molar-refractivity contribution in [3.63, 3.8) is 0 Å². The molecule has 0 N–H and O–H groups in total. The molecule has 1 aliphatic heterocycles. The first-order valence-electron chi connectivity index (χ1n) is 7.56. The van der Waals surface area contributed by atoms with Crippen LogP contribution in [0.1, 0.15) is 18.0 Å². The van der Waals surface area contributed by atoms with Gasteiger partial charge in [-0.1, -0.05) is 12.1 Å². The molecule has 0 aliphatic carbocycles. The number of aromatic nitrogens is 1. The Morgan fingerprint density at radius 1 is 1.24 bits per heavy atom. The maximum absolute atomic E-state index is 12.5. The van der Waals surface area contributed by atoms with Crippen LogP contribution in [-0.4, -0.2) is 64.1 Å². The molecule has 3 rings (SSSR count). The molecule has 1 aliphatic rings. The number of amides is 5. The van der Waals surface area contributed by atoms with E-state index in [1.54, 1.807) is 7.05 Å². The van der Waals surface area contributed by atoms with Gasteiger partial charge in [0.25, 0.3) is 0 Å². The summed E-state index contributed by atoms with van der Waals surface area (Å²) in [6.45, 7) is 1.35. The van der Waals surface area contributed by atoms with Gasteiger partial charge in [0.2, 0.25) is 5.91 Å². The molecule has 5 amide bonds. The summed E-state index contributed by atoms with van der Waals surface area (Å²) in [5.74, 6) is -2.36. The molecule has 1 saturated heterocycles. The Kier molecular flexibility index (Phi) is 4.25. The van der Waals surface area contributed by atoms with Crippen molar-refractivity contribution in [1.82, 2.24) is 19.7 Å². The van der Waals surface area contributed by atoms with Crippen LogP contribution >= 0.6 is 11.3 Å². The van der Waals surface area contributed by atoms with Crippen molar-refractivity contribution in [2.24, 2.45) is 0 Å². The molecule has 0 spiro atoms. The Bertz CT molecular complexity index is 860. The minimum absolute atomic E-state index is 0.328. The number of urea groups is 1. The highest BCUT2D eigenvalue weighted by atomic mass is 32.1. The number of fused-ring (bicyclic) bond motifs is 1. The van der Waals surface area contributed by atoms with Crippen LogP contribution in [0.2, 0.25) is 0 Å². The lowest BCUT2D eigenvalue weighted by molar-refractivity contribution is -0.144. The second-order valence-corrected chi connectivity index (χ2v) is 6.80. The molecule has 25 heavy (non-hydrogen) atoms. The molecule has 1 aromatic carbocycles. The molecule has 1 aromatic heterocycles. The summed E-state index contributed by atoms with van der Waals surface area (Å²) >= 11 is 1.48. The van der Waals surface area contributed by atoms with Gasteiger partial charge in [0.1, 0.15) is 11.6 Å². The largest absolute Gasteiger partial charge is 0.335 e. The van der Waals surface area contributed by atoms with Gasteiger partial charge in [0, 0.05) is 14.1 Å². The van der Waals surface area contributed by atoms with Crippen molar-refractivity contribution in [2.45, 2.75) is 13.0 Å². The molecule has 0 bridgehead atoms. The number of benzene rings is 1. The maximum atomic E-state index is 12.5. The lowest BCUT2D eigenvalue weighted by Gasteiger charge is -2.24. The van der Waals surface area contributed by atoms with Gasteiger partial charge in [-0.3, -0.25) is 19.3 Å². The highest BCUT2D eigenvalue weighted by Crippen LogP contribution is 2.29. The van der Waals surface area contributed by atoms with E-state index < -0.39 is 30.3 Å². The molecule has 9 heteroatoms. The highest BCUT2D eigenvalue weighted by Gasteiger charge is 2.43. The van der Waals surface area contributed by atoms with Gasteiger partial charge in [-0.15, -0.1) is 11.3 Å². The summed E-state index contributed by atoms with van der Waals surface area (Å²) in [6.07, 6.45) is 0. The van der Waals surface area contributed by atoms with Crippen molar-refractivity contribution in [1.29, 1.82) is 0 Å². The Labute approximate surface area is 147 Å². The predicted molar refractivity (Wildman–Crippen MR) is 90.7 cm³/mol. The van der Waals surface area contributed by atoms with Crippen LogP contribution in [0.4, 0.5) is 4.79 Å². The fourth-order valence-corrected chi connectivity index (χ4v) is 3.51. The van der Waals surface area contributed by atoms with Crippen LogP contribution in [0.15, 0.2) is 24.3 Å². The standard InChI is InChI=1S/C16H16N4O4S/c1-9(13-17-10-6-4-5-7-11(10)25-13)18(2)12(21)8-20-15(23)14(22)19(3)16(20)24/h4-7,9H,8H2,1-3H3/t9-/m1/s1. The molecule has 0 saturated carbocycles. The molecule has 2 aromatic rings. The molecule has 8 nitrogen and oxygen atoms in total. The maximum Gasteiger partial charge on any atom is 0.334 e. The summed E-state index contributed by atoms with van der Waals surface area (Å²) in [6, 6.07) is 6.54. The fourth-order valence-electron chi connectivity index (χ4n) is 2.45. The second kappa shape index (κ2) is 6.25. The topological polar surface area (TPSA) is 90.9 Å². The van der Waals surface area contributed by atoms with Crippen LogP contribution < -0.4 is 0 Å². The Morgan fingerprint density at radius 3 is 2.52 bits per heavy atom. The number of imide groups is 2. The van der Waals surface area contributed by atoms with Crippen LogP contribution in [0.5, 0.6) is 0 Å². The van der Waals surface area contributed by atoms with Gasteiger partial charge in [-0.2, -0.15) is 0 Å². The summed E-state index contributed by atoms with van der Waals surface area (Å²) in [5.41, 5.74) is 0.854. The molecule has 130 valence electrons. The van der Waals surface area contributed by atoms with Gasteiger partial charge < -0.3 is 4.90 Å². The van der Waals surface area contributed by atoms with E-state index >= 15 is 0 Å². The molecular weight excluding hydrogens is 344 g/mol. The van der Waals surface area contributed by atoms with Crippen molar-refractivity contribution >= 4 is 45.3 Å². The first-order valence-corrected chi connectivity index (χ1v) is 8.37. The molecule has 1 atom stereocenters. The summed E-state index contributed by atoms with van der Waals surface area (Å²) in [5, 5.41) is 0.754. The lowest BCUT2D eigenvalue weighted by Crippen LogP contribution is -2.42. The number of carbonyl (C=O) groups excluding carboxylic acids is 4. The number of carbonyl (C=O) groups is 4. The number of likely N-dealkylation sites (N-methyl/N-ethyl adjacent to an activating group) is 2. The van der Waals surface area contributed by atoms with Gasteiger partial charge in [0.15, 0.2) is 0 Å². The number of hydrogen-bond donors (Lipinski definition) is 0. The van der Waals surface area contributed by atoms with Crippen molar-refractivity contribution in [2.75, 3.05) is 20.6 Å². The number of para-hydroxylation sites is 1. The first-order chi connectivity index (χ1) is 11.8. The van der Waals surface area contributed by atoms with Crippen LogP contribution in [-0.2, 0) is 14.4 Å². The lowest BCUT2D eigenvalue weighted by atomic mass is 10.3. The van der Waals surface area contributed by atoms with E-state index in [2.05, 4.69) is 4.98 Å². The molecule has 0 radical (unpaired) electrons. The smallest absolute Gasteiger partial charge is 0.334 e. The van der Waals surface area contributed by atoms with Crippen LogP contribution in [0.3, 0.4) is 0 Å². The van der Waals surface area contributed by atoms with Crippen molar-refractivity contribution < 1.29 is 19.2 Å². The third-order valence-corrected chi connectivity index (χ3v) is 5.39. The average Bonchev–Trinajstić information content (AvgIpc) is 3.12. The summed E-state index contributed by atoms with van der Waals surface area (Å²) in [7, 11) is 2.79. The zero-order chi connectivity index (χ0) is 18.3. The molecule has 0 unspecified atom stereocenters. The minimum Gasteiger partial charge on any atom is -0.335 e. The van der Waals surface area contributed by atoms with Gasteiger partial charge in [-0.25, -0.2) is 14.7 Å². The van der Waals surface area contributed by atoms with Gasteiger partial charge in [0.05, 0.1) is 16.3 Å². The minimum atomic E-state index is -0.984. The monoisotopic (exact) mass is 360 g/mol. The van der Waals surface area contributed by atoms with Gasteiger partial charge >= 0.3 is 17.8 Å². The summed E-state index contributed by atoms with van der Waals surface area (Å²) < 4.78 is 1.02. The van der Waals surface area contributed by atoms with Crippen molar-refractivity contribution in [3.05, 3.63) is 29.3 Å². The Morgan fingerprint density at radius 2 is 1.92 bits per heavy atom. The van der Waals surface area contributed by atoms with Gasteiger partial charge in [-0.05, 0) is 19.1 Å². The van der Waals surface area contributed by atoms with E-state index in [0.717, 1.165) is 15.2 Å². The molecular formula is C16H16N4O4S. The van der Waals surface area contributed by atoms with Crippen LogP contribution in [0, 0.1) is 0 Å². The number of thiazole rings is 1. The zero-order valence-electron chi connectivity index (χ0n) is 13.9. The number of rotatable bonds is 4. The van der Waals surface area contributed by atoms with E-state index in [1.807, 2.05) is 31.2 Å². The zero-order valence-corrected chi connectivity index (χ0v) is 14.7. The second-order valence-electron chi connectivity index (χ2n) is 5.74. The SMILES string of the molecule is C[C@H](c1nc2ccccc2s1)N(C)C(=O)CN1C(=O)C(=O)N(C)C1=O. The Hall–Kier alpha value is -2.81. The number of nitrogens with zero attached hydrogens (tertiary/aromatic N) is 4. The Balaban J connectivity index is 1.74. The quantitative estimate of drug-likeness (QED) is 0.604. The van der Waals surface area contributed by atoms with Crippen LogP contribution in [0.25, 0.3) is 10.2 Å². The van der Waals surface area contributed by atoms with E-state index in [9.17, 15) is 19.2 Å².